The lowest BCUT2D eigenvalue weighted by Gasteiger charge is -2.13. The molecule has 0 aliphatic heterocycles. The Kier molecular flexibility index (Phi) is 5.13. The van der Waals surface area contributed by atoms with E-state index in [9.17, 15) is 8.78 Å². The molecule has 0 amide bonds. The van der Waals surface area contributed by atoms with Crippen molar-refractivity contribution in [1.82, 2.24) is 0 Å². The lowest BCUT2D eigenvalue weighted by Crippen LogP contribution is -2.03. The molecule has 0 unspecified atom stereocenters. The SMILES string of the molecule is FCCCOc1c(-c2ccccc2)ccc(I)c1F. The number of hydrogen-bond acceptors (Lipinski definition) is 1. The largest absolute Gasteiger partial charge is 0.490 e. The topological polar surface area (TPSA) is 9.23 Å². The van der Waals surface area contributed by atoms with Crippen LogP contribution in [0.15, 0.2) is 42.5 Å². The van der Waals surface area contributed by atoms with Gasteiger partial charge in [-0.05, 0) is 40.3 Å². The summed E-state index contributed by atoms with van der Waals surface area (Å²) < 4.78 is 32.2. The monoisotopic (exact) mass is 374 g/mol. The fourth-order valence-corrected chi connectivity index (χ4v) is 2.17. The van der Waals surface area contributed by atoms with Crippen LogP contribution in [0, 0.1) is 9.39 Å². The van der Waals surface area contributed by atoms with Crippen LogP contribution in [0.1, 0.15) is 6.42 Å². The van der Waals surface area contributed by atoms with Gasteiger partial charge >= 0.3 is 0 Å². The van der Waals surface area contributed by atoms with Crippen LogP contribution in [-0.2, 0) is 0 Å². The van der Waals surface area contributed by atoms with Gasteiger partial charge in [0.15, 0.2) is 11.6 Å². The Morgan fingerprint density at radius 2 is 1.79 bits per heavy atom. The first-order valence-electron chi connectivity index (χ1n) is 5.96. The van der Waals surface area contributed by atoms with E-state index in [4.69, 9.17) is 4.74 Å². The highest BCUT2D eigenvalue weighted by Crippen LogP contribution is 2.34. The maximum atomic E-state index is 14.1. The number of alkyl halides is 1. The molecule has 0 aliphatic rings. The normalized spacial score (nSPS) is 10.5. The molecule has 19 heavy (non-hydrogen) atoms. The van der Waals surface area contributed by atoms with E-state index in [0.717, 1.165) is 5.56 Å². The third kappa shape index (κ3) is 3.43. The van der Waals surface area contributed by atoms with E-state index in [0.29, 0.717) is 9.13 Å². The summed E-state index contributed by atoms with van der Waals surface area (Å²) in [6.45, 7) is -0.292. The smallest absolute Gasteiger partial charge is 0.178 e. The van der Waals surface area contributed by atoms with Crippen molar-refractivity contribution in [1.29, 1.82) is 0 Å². The maximum Gasteiger partial charge on any atom is 0.178 e. The Balaban J connectivity index is 2.40. The molecule has 0 saturated carbocycles. The molecule has 2 aromatic carbocycles. The summed E-state index contributed by atoms with van der Waals surface area (Å²) in [6.07, 6.45) is 0.263. The molecule has 0 spiro atoms. The Labute approximate surface area is 124 Å². The van der Waals surface area contributed by atoms with Crippen molar-refractivity contribution in [2.75, 3.05) is 13.3 Å². The van der Waals surface area contributed by atoms with Crippen molar-refractivity contribution in [3.8, 4) is 16.9 Å². The fraction of sp³-hybridized carbons (Fsp3) is 0.200. The average molecular weight is 374 g/mol. The van der Waals surface area contributed by atoms with Crippen LogP contribution in [0.3, 0.4) is 0 Å². The number of hydrogen-bond donors (Lipinski definition) is 0. The summed E-state index contributed by atoms with van der Waals surface area (Å²) in [5.41, 5.74) is 1.57. The molecule has 1 nitrogen and oxygen atoms in total. The van der Waals surface area contributed by atoms with Crippen LogP contribution >= 0.6 is 22.6 Å². The molecule has 0 saturated heterocycles. The van der Waals surface area contributed by atoms with Crippen LogP contribution in [0.25, 0.3) is 11.1 Å². The molecule has 0 radical (unpaired) electrons. The molecule has 0 atom stereocenters. The van der Waals surface area contributed by atoms with Gasteiger partial charge in [-0.25, -0.2) is 4.39 Å². The Bertz CT molecular complexity index is 543. The van der Waals surface area contributed by atoms with Crippen molar-refractivity contribution >= 4 is 22.6 Å². The summed E-state index contributed by atoms with van der Waals surface area (Å²) in [5, 5.41) is 0. The highest BCUT2D eigenvalue weighted by Gasteiger charge is 2.14. The van der Waals surface area contributed by atoms with Gasteiger partial charge in [-0.15, -0.1) is 0 Å². The minimum atomic E-state index is -0.466. The second kappa shape index (κ2) is 6.84. The van der Waals surface area contributed by atoms with Gasteiger partial charge in [0, 0.05) is 12.0 Å². The lowest BCUT2D eigenvalue weighted by molar-refractivity contribution is 0.278. The minimum Gasteiger partial charge on any atom is -0.490 e. The third-order valence-electron chi connectivity index (χ3n) is 2.66. The number of rotatable bonds is 5. The first-order valence-corrected chi connectivity index (χ1v) is 7.04. The fourth-order valence-electron chi connectivity index (χ4n) is 1.75. The predicted molar refractivity (Wildman–Crippen MR) is 80.6 cm³/mol. The van der Waals surface area contributed by atoms with Crippen molar-refractivity contribution in [3.63, 3.8) is 0 Å². The second-order valence-corrected chi connectivity index (χ2v) is 5.16. The number of halogens is 3. The van der Waals surface area contributed by atoms with Gasteiger partial charge in [0.1, 0.15) is 0 Å². The summed E-state index contributed by atoms with van der Waals surface area (Å²) in [5.74, 6) is -0.188. The summed E-state index contributed by atoms with van der Waals surface area (Å²) in [7, 11) is 0. The van der Waals surface area contributed by atoms with E-state index in [1.807, 2.05) is 59.0 Å². The molecule has 0 heterocycles. The van der Waals surface area contributed by atoms with Crippen LogP contribution in [-0.4, -0.2) is 13.3 Å². The van der Waals surface area contributed by atoms with Gasteiger partial charge in [0.25, 0.3) is 0 Å². The van der Waals surface area contributed by atoms with Gasteiger partial charge < -0.3 is 4.74 Å². The zero-order valence-electron chi connectivity index (χ0n) is 10.2. The molecule has 0 aromatic heterocycles. The Hall–Kier alpha value is -1.17. The molecule has 4 heteroatoms. The van der Waals surface area contributed by atoms with Crippen molar-refractivity contribution < 1.29 is 13.5 Å². The van der Waals surface area contributed by atoms with Crippen molar-refractivity contribution in [3.05, 3.63) is 51.9 Å². The molecule has 100 valence electrons. The Morgan fingerprint density at radius 3 is 2.47 bits per heavy atom. The molecular weight excluding hydrogens is 361 g/mol. The summed E-state index contributed by atoms with van der Waals surface area (Å²) >= 11 is 1.92. The second-order valence-electron chi connectivity index (χ2n) is 4.00. The number of benzene rings is 2. The van der Waals surface area contributed by atoms with E-state index < -0.39 is 6.67 Å². The first-order chi connectivity index (χ1) is 9.24. The van der Waals surface area contributed by atoms with E-state index >= 15 is 0 Å². The summed E-state index contributed by atoms with van der Waals surface area (Å²) in [4.78, 5) is 0. The lowest BCUT2D eigenvalue weighted by atomic mass is 10.0. The van der Waals surface area contributed by atoms with Crippen molar-refractivity contribution in [2.24, 2.45) is 0 Å². The maximum absolute atomic E-state index is 14.1. The van der Waals surface area contributed by atoms with Crippen LogP contribution < -0.4 is 4.74 Å². The molecule has 2 aromatic rings. The highest BCUT2D eigenvalue weighted by molar-refractivity contribution is 14.1. The van der Waals surface area contributed by atoms with Crippen LogP contribution in [0.2, 0.25) is 0 Å². The Morgan fingerprint density at radius 1 is 1.05 bits per heavy atom. The molecule has 0 aliphatic carbocycles. The van der Waals surface area contributed by atoms with Crippen LogP contribution in [0.5, 0.6) is 5.75 Å². The van der Waals surface area contributed by atoms with Gasteiger partial charge in [0.05, 0.1) is 16.9 Å². The number of ether oxygens (including phenoxy) is 1. The van der Waals surface area contributed by atoms with E-state index in [1.54, 1.807) is 6.07 Å². The zero-order valence-corrected chi connectivity index (χ0v) is 12.4. The predicted octanol–water partition coefficient (Wildman–Crippen LogP) is 4.84. The van der Waals surface area contributed by atoms with Gasteiger partial charge in [-0.2, -0.15) is 0 Å². The summed E-state index contributed by atoms with van der Waals surface area (Å²) in [6, 6.07) is 13.0. The minimum absolute atomic E-state index is 0.174. The average Bonchev–Trinajstić information content (AvgIpc) is 2.45. The van der Waals surface area contributed by atoms with E-state index in [-0.39, 0.29) is 24.6 Å². The molecular formula is C15H13F2IO. The standard InChI is InChI=1S/C15H13F2IO/c16-9-4-10-19-15-12(7-8-13(18)14(15)17)11-5-2-1-3-6-11/h1-3,5-8H,4,9-10H2. The van der Waals surface area contributed by atoms with Crippen molar-refractivity contribution in [2.45, 2.75) is 6.42 Å². The molecule has 2 rings (SSSR count). The van der Waals surface area contributed by atoms with E-state index in [2.05, 4.69) is 0 Å². The van der Waals surface area contributed by atoms with Gasteiger partial charge in [0.2, 0.25) is 0 Å². The highest BCUT2D eigenvalue weighted by atomic mass is 127. The molecule has 0 bridgehead atoms. The van der Waals surface area contributed by atoms with E-state index in [1.165, 1.54) is 0 Å². The first kappa shape index (κ1) is 14.2. The molecule has 0 fully saturated rings. The zero-order chi connectivity index (χ0) is 13.7. The van der Waals surface area contributed by atoms with Crippen LogP contribution in [0.4, 0.5) is 8.78 Å². The van der Waals surface area contributed by atoms with Gasteiger partial charge in [-0.1, -0.05) is 30.3 Å². The molecule has 0 N–H and O–H groups in total. The quantitative estimate of drug-likeness (QED) is 0.538. The third-order valence-corrected chi connectivity index (χ3v) is 3.49. The van der Waals surface area contributed by atoms with Gasteiger partial charge in [-0.3, -0.25) is 4.39 Å².